The Hall–Kier alpha value is -0.740. The Morgan fingerprint density at radius 3 is 2.22 bits per heavy atom. The number of ether oxygens (including phenoxy) is 1. The first-order valence-corrected chi connectivity index (χ1v) is 6.66. The van der Waals surface area contributed by atoms with Crippen LogP contribution in [0, 0.1) is 0 Å². The van der Waals surface area contributed by atoms with Crippen molar-refractivity contribution in [2.45, 2.75) is 6.61 Å². The standard InChI is InChI=1S/C13H9BrCl2O2/c14-13-6-11(2-1-8(13)7-17)18-12-4-9(15)3-10(16)5-12/h1-6,17H,7H2. The smallest absolute Gasteiger partial charge is 0.130 e. The van der Waals surface area contributed by atoms with E-state index in [1.165, 1.54) is 0 Å². The van der Waals surface area contributed by atoms with Crippen LogP contribution < -0.4 is 4.74 Å². The first-order chi connectivity index (χ1) is 8.58. The molecule has 2 aromatic carbocycles. The van der Waals surface area contributed by atoms with Crippen LogP contribution in [-0.2, 0) is 6.61 Å². The first-order valence-electron chi connectivity index (χ1n) is 5.12. The van der Waals surface area contributed by atoms with Gasteiger partial charge in [0.1, 0.15) is 11.5 Å². The van der Waals surface area contributed by atoms with E-state index < -0.39 is 0 Å². The van der Waals surface area contributed by atoms with Gasteiger partial charge >= 0.3 is 0 Å². The Morgan fingerprint density at radius 2 is 1.67 bits per heavy atom. The molecule has 0 atom stereocenters. The molecule has 94 valence electrons. The molecule has 0 unspecified atom stereocenters. The maximum absolute atomic E-state index is 9.07. The van der Waals surface area contributed by atoms with E-state index in [0.717, 1.165) is 10.0 Å². The van der Waals surface area contributed by atoms with Gasteiger partial charge in [-0.05, 0) is 35.9 Å². The lowest BCUT2D eigenvalue weighted by atomic mass is 10.2. The number of aliphatic hydroxyl groups is 1. The number of hydrogen-bond acceptors (Lipinski definition) is 2. The largest absolute Gasteiger partial charge is 0.457 e. The lowest BCUT2D eigenvalue weighted by molar-refractivity contribution is 0.281. The highest BCUT2D eigenvalue weighted by molar-refractivity contribution is 9.10. The Labute approximate surface area is 123 Å². The Balaban J connectivity index is 2.25. The van der Waals surface area contributed by atoms with E-state index in [4.69, 9.17) is 33.0 Å². The van der Waals surface area contributed by atoms with Gasteiger partial charge in [-0.2, -0.15) is 0 Å². The molecule has 0 spiro atoms. The van der Waals surface area contributed by atoms with Crippen LogP contribution in [0.1, 0.15) is 5.56 Å². The van der Waals surface area contributed by atoms with Crippen molar-refractivity contribution in [3.05, 3.63) is 56.5 Å². The fraction of sp³-hybridized carbons (Fsp3) is 0.0769. The molecule has 0 bridgehead atoms. The molecule has 0 aliphatic heterocycles. The quantitative estimate of drug-likeness (QED) is 0.842. The van der Waals surface area contributed by atoms with Crippen LogP contribution in [-0.4, -0.2) is 5.11 Å². The predicted molar refractivity (Wildman–Crippen MR) is 76.6 cm³/mol. The van der Waals surface area contributed by atoms with E-state index >= 15 is 0 Å². The van der Waals surface area contributed by atoms with Gasteiger partial charge in [-0.25, -0.2) is 0 Å². The molecule has 18 heavy (non-hydrogen) atoms. The van der Waals surface area contributed by atoms with Gasteiger partial charge in [0, 0.05) is 14.5 Å². The molecule has 2 aromatic rings. The monoisotopic (exact) mass is 346 g/mol. The summed E-state index contributed by atoms with van der Waals surface area (Å²) in [4.78, 5) is 0. The zero-order valence-corrected chi connectivity index (χ0v) is 12.3. The van der Waals surface area contributed by atoms with E-state index in [9.17, 15) is 0 Å². The van der Waals surface area contributed by atoms with Crippen LogP contribution in [0.25, 0.3) is 0 Å². The lowest BCUT2D eigenvalue weighted by Gasteiger charge is -2.08. The molecule has 0 aliphatic rings. The molecule has 0 aromatic heterocycles. The average Bonchev–Trinajstić information content (AvgIpc) is 2.27. The van der Waals surface area contributed by atoms with Crippen LogP contribution in [0.15, 0.2) is 40.9 Å². The first kappa shape index (κ1) is 13.7. The normalized spacial score (nSPS) is 10.4. The Kier molecular flexibility index (Phi) is 4.51. The summed E-state index contributed by atoms with van der Waals surface area (Å²) in [6, 6.07) is 10.3. The predicted octanol–water partition coefficient (Wildman–Crippen LogP) is 5.04. The summed E-state index contributed by atoms with van der Waals surface area (Å²) in [6.45, 7) is -0.0240. The fourth-order valence-electron chi connectivity index (χ4n) is 1.44. The van der Waals surface area contributed by atoms with Gasteiger partial charge in [-0.1, -0.05) is 45.2 Å². The summed E-state index contributed by atoms with van der Waals surface area (Å²) in [6.07, 6.45) is 0. The second-order valence-electron chi connectivity index (χ2n) is 3.62. The molecule has 2 nitrogen and oxygen atoms in total. The molecule has 0 fully saturated rings. The Morgan fingerprint density at radius 1 is 1.00 bits per heavy atom. The van der Waals surface area contributed by atoms with Crippen molar-refractivity contribution in [1.82, 2.24) is 0 Å². The van der Waals surface area contributed by atoms with Crippen molar-refractivity contribution in [1.29, 1.82) is 0 Å². The summed E-state index contributed by atoms with van der Waals surface area (Å²) < 4.78 is 6.43. The fourth-order valence-corrected chi connectivity index (χ4v) is 2.43. The second-order valence-corrected chi connectivity index (χ2v) is 5.35. The minimum Gasteiger partial charge on any atom is -0.457 e. The lowest BCUT2D eigenvalue weighted by Crippen LogP contribution is -1.88. The molecule has 2 rings (SSSR count). The summed E-state index contributed by atoms with van der Waals surface area (Å²) in [5.74, 6) is 1.20. The highest BCUT2D eigenvalue weighted by atomic mass is 79.9. The maximum Gasteiger partial charge on any atom is 0.130 e. The summed E-state index contributed by atoms with van der Waals surface area (Å²) in [5.41, 5.74) is 0.798. The highest BCUT2D eigenvalue weighted by Gasteiger charge is 2.04. The third-order valence-electron chi connectivity index (χ3n) is 2.27. The van der Waals surface area contributed by atoms with E-state index in [1.807, 2.05) is 0 Å². The molecule has 0 aliphatic carbocycles. The van der Waals surface area contributed by atoms with Crippen molar-refractivity contribution >= 4 is 39.1 Å². The van der Waals surface area contributed by atoms with Crippen LogP contribution in [0.2, 0.25) is 10.0 Å². The van der Waals surface area contributed by atoms with Crippen molar-refractivity contribution in [2.75, 3.05) is 0 Å². The van der Waals surface area contributed by atoms with Gasteiger partial charge < -0.3 is 9.84 Å². The second kappa shape index (κ2) is 5.93. The maximum atomic E-state index is 9.07. The third kappa shape index (κ3) is 3.39. The molecular formula is C13H9BrCl2O2. The van der Waals surface area contributed by atoms with Crippen LogP contribution in [0.5, 0.6) is 11.5 Å². The van der Waals surface area contributed by atoms with Crippen molar-refractivity contribution in [3.63, 3.8) is 0 Å². The topological polar surface area (TPSA) is 29.5 Å². The van der Waals surface area contributed by atoms with Gasteiger partial charge in [-0.15, -0.1) is 0 Å². The average molecular weight is 348 g/mol. The molecule has 5 heteroatoms. The van der Waals surface area contributed by atoms with E-state index in [1.54, 1.807) is 36.4 Å². The minimum atomic E-state index is -0.0240. The number of rotatable bonds is 3. The van der Waals surface area contributed by atoms with Gasteiger partial charge in [0.2, 0.25) is 0 Å². The van der Waals surface area contributed by atoms with Crippen LogP contribution >= 0.6 is 39.1 Å². The van der Waals surface area contributed by atoms with Crippen molar-refractivity contribution in [2.24, 2.45) is 0 Å². The van der Waals surface area contributed by atoms with E-state index in [-0.39, 0.29) is 6.61 Å². The summed E-state index contributed by atoms with van der Waals surface area (Å²) in [5, 5.41) is 10.1. The third-order valence-corrected chi connectivity index (χ3v) is 3.44. The number of benzene rings is 2. The minimum absolute atomic E-state index is 0.0240. The van der Waals surface area contributed by atoms with Crippen molar-refractivity contribution < 1.29 is 9.84 Å². The number of aliphatic hydroxyl groups excluding tert-OH is 1. The number of halogens is 3. The summed E-state index contributed by atoms with van der Waals surface area (Å²) in [7, 11) is 0. The van der Waals surface area contributed by atoms with Crippen molar-refractivity contribution in [3.8, 4) is 11.5 Å². The summed E-state index contributed by atoms with van der Waals surface area (Å²) >= 11 is 15.1. The molecule has 0 saturated heterocycles. The van der Waals surface area contributed by atoms with Crippen LogP contribution in [0.3, 0.4) is 0 Å². The Bertz CT molecular complexity index is 553. The SMILES string of the molecule is OCc1ccc(Oc2cc(Cl)cc(Cl)c2)cc1Br. The molecular weight excluding hydrogens is 339 g/mol. The molecule has 0 amide bonds. The van der Waals surface area contributed by atoms with Gasteiger partial charge in [0.05, 0.1) is 6.61 Å². The zero-order valence-electron chi connectivity index (χ0n) is 9.16. The highest BCUT2D eigenvalue weighted by Crippen LogP contribution is 2.30. The molecule has 1 N–H and O–H groups in total. The molecule has 0 radical (unpaired) electrons. The van der Waals surface area contributed by atoms with Gasteiger partial charge in [-0.3, -0.25) is 0 Å². The van der Waals surface area contributed by atoms with E-state index in [2.05, 4.69) is 15.9 Å². The van der Waals surface area contributed by atoms with Gasteiger partial charge in [0.15, 0.2) is 0 Å². The van der Waals surface area contributed by atoms with Crippen LogP contribution in [0.4, 0.5) is 0 Å². The number of hydrogen-bond donors (Lipinski definition) is 1. The zero-order chi connectivity index (χ0) is 13.1. The molecule has 0 heterocycles. The van der Waals surface area contributed by atoms with E-state index in [0.29, 0.717) is 21.5 Å². The van der Waals surface area contributed by atoms with Gasteiger partial charge in [0.25, 0.3) is 0 Å². The molecule has 0 saturated carbocycles.